The normalized spacial score (nSPS) is 32.0. The van der Waals surface area contributed by atoms with Crippen LogP contribution >= 0.6 is 0 Å². The summed E-state index contributed by atoms with van der Waals surface area (Å²) in [5.74, 6) is 2.31. The van der Waals surface area contributed by atoms with Crippen LogP contribution in [0.5, 0.6) is 17.4 Å². The zero-order chi connectivity index (χ0) is 46.2. The number of piperazine rings is 1. The molecule has 9 rings (SSSR count). The van der Waals surface area contributed by atoms with E-state index in [1.54, 1.807) is 0 Å². The van der Waals surface area contributed by atoms with Gasteiger partial charge in [0.1, 0.15) is 29.4 Å². The van der Waals surface area contributed by atoms with Gasteiger partial charge in [-0.2, -0.15) is 13.2 Å². The molecule has 5 fully saturated rings. The number of halogens is 3. The molecule has 0 spiro atoms. The number of fused-ring (bicyclic) bond motifs is 5. The van der Waals surface area contributed by atoms with Gasteiger partial charge in [0.2, 0.25) is 5.88 Å². The first-order valence-corrected chi connectivity index (χ1v) is 24.1. The molecule has 3 aliphatic carbocycles. The maximum absolute atomic E-state index is 13.1. The lowest BCUT2D eigenvalue weighted by molar-refractivity contribution is -0.186. The monoisotopic (exact) mass is 921 g/mol. The smallest absolute Gasteiger partial charge is 0.433 e. The van der Waals surface area contributed by atoms with Crippen molar-refractivity contribution in [1.82, 2.24) is 25.0 Å². The number of benzene rings is 2. The van der Waals surface area contributed by atoms with Crippen LogP contribution in [-0.2, 0) is 28.7 Å². The number of alkyl halides is 3. The van der Waals surface area contributed by atoms with E-state index < -0.39 is 41.9 Å². The maximum atomic E-state index is 13.1. The second-order valence-electron chi connectivity index (χ2n) is 20.1. The number of phenolic OH excluding ortho intramolecular Hbond substituents is 1. The Balaban J connectivity index is 0.647. The topological polar surface area (TPSA) is 160 Å². The molecule has 2 saturated carbocycles. The predicted molar refractivity (Wildman–Crippen MR) is 239 cm³/mol. The highest BCUT2D eigenvalue weighted by Gasteiger charge is 2.61. The van der Waals surface area contributed by atoms with Gasteiger partial charge in [0, 0.05) is 64.5 Å². The number of amides is 1. The van der Waals surface area contributed by atoms with E-state index in [1.807, 2.05) is 41.3 Å². The van der Waals surface area contributed by atoms with Gasteiger partial charge in [-0.3, -0.25) is 14.6 Å². The quantitative estimate of drug-likeness (QED) is 0.154. The fraction of sp³-hybridized carbons (Fsp3) is 0.640. The summed E-state index contributed by atoms with van der Waals surface area (Å²) in [6.45, 7) is 8.49. The Morgan fingerprint density at radius 1 is 0.924 bits per heavy atom. The number of pyridine rings is 1. The summed E-state index contributed by atoms with van der Waals surface area (Å²) in [5, 5.41) is 47.5. The number of aliphatic hydroxyl groups excluding tert-OH is 2. The summed E-state index contributed by atoms with van der Waals surface area (Å²) in [6.07, 6.45) is -0.354. The summed E-state index contributed by atoms with van der Waals surface area (Å²) in [6, 6.07) is 17.3. The molecule has 0 radical (unpaired) electrons. The molecule has 3 saturated heterocycles. The average Bonchev–Trinajstić information content (AvgIpc) is 3.58. The lowest BCUT2D eigenvalue weighted by Gasteiger charge is -2.53. The van der Waals surface area contributed by atoms with Crippen LogP contribution in [0, 0.1) is 17.3 Å². The first-order chi connectivity index (χ1) is 31.7. The molecule has 0 unspecified atom stereocenters. The Morgan fingerprint density at radius 2 is 1.68 bits per heavy atom. The van der Waals surface area contributed by atoms with Crippen molar-refractivity contribution < 1.29 is 52.6 Å². The number of piperidine rings is 1. The number of aryl methyl sites for hydroxylation is 1. The number of hydrogen-bond donors (Lipinski definition) is 5. The minimum absolute atomic E-state index is 0.0146. The number of aromatic nitrogens is 1. The fourth-order valence-electron chi connectivity index (χ4n) is 12.4. The largest absolute Gasteiger partial charge is 0.508 e. The van der Waals surface area contributed by atoms with E-state index in [2.05, 4.69) is 33.1 Å². The SMILES string of the molecule is C[C@]12CC[C@@H]3c4ccc(O)cc4CC[C@H]3[C@@H]1CC[C@@]2(O)CCNC1CCN(C(=O)COc2ccc(CN3CCN(C[C@H]4OC[C@H](Oc5cccc(C(F)(F)F)n5)[C@@H](O)[C@H]4O)CC3)cc2)CC1. The number of aromatic hydroxyl groups is 1. The van der Waals surface area contributed by atoms with E-state index in [1.165, 1.54) is 23.3 Å². The number of nitrogens with one attached hydrogen (secondary N) is 1. The third-order valence-electron chi connectivity index (χ3n) is 16.3. The van der Waals surface area contributed by atoms with Crippen molar-refractivity contribution in [3.05, 3.63) is 83.0 Å². The zero-order valence-electron chi connectivity index (χ0n) is 37.9. The number of ether oxygens (including phenoxy) is 3. The molecular formula is C50H66F3N5O8. The van der Waals surface area contributed by atoms with Gasteiger partial charge < -0.3 is 44.9 Å². The van der Waals surface area contributed by atoms with Crippen LogP contribution in [0.3, 0.4) is 0 Å². The van der Waals surface area contributed by atoms with Crippen molar-refractivity contribution in [2.45, 2.75) is 119 Å². The molecule has 3 aromatic rings. The molecule has 16 heteroatoms. The summed E-state index contributed by atoms with van der Waals surface area (Å²) in [4.78, 5) is 23.0. The number of phenols is 1. The van der Waals surface area contributed by atoms with Crippen LogP contribution in [0.2, 0.25) is 0 Å². The molecule has 1 amide bonds. The van der Waals surface area contributed by atoms with Crippen LogP contribution < -0.4 is 14.8 Å². The van der Waals surface area contributed by atoms with E-state index in [-0.39, 0.29) is 30.4 Å². The summed E-state index contributed by atoms with van der Waals surface area (Å²) in [5.41, 5.74) is 1.97. The average molecular weight is 922 g/mol. The summed E-state index contributed by atoms with van der Waals surface area (Å²) in [7, 11) is 0. The van der Waals surface area contributed by atoms with E-state index in [9.17, 15) is 38.4 Å². The summed E-state index contributed by atoms with van der Waals surface area (Å²) < 4.78 is 56.5. The minimum Gasteiger partial charge on any atom is -0.508 e. The number of nitrogens with zero attached hydrogens (tertiary/aromatic N) is 4. The molecule has 5 N–H and O–H groups in total. The number of carbonyl (C=O) groups excluding carboxylic acids is 1. The Labute approximate surface area is 385 Å². The van der Waals surface area contributed by atoms with Gasteiger partial charge >= 0.3 is 6.18 Å². The molecule has 360 valence electrons. The van der Waals surface area contributed by atoms with Crippen molar-refractivity contribution >= 4 is 5.91 Å². The van der Waals surface area contributed by atoms with Crippen molar-refractivity contribution in [2.75, 3.05) is 65.6 Å². The number of hydrogen-bond acceptors (Lipinski definition) is 12. The molecule has 6 aliphatic rings. The van der Waals surface area contributed by atoms with Crippen LogP contribution in [0.4, 0.5) is 13.2 Å². The van der Waals surface area contributed by atoms with Gasteiger partial charge in [-0.25, -0.2) is 4.98 Å². The molecule has 13 nitrogen and oxygen atoms in total. The van der Waals surface area contributed by atoms with Crippen LogP contribution in [0.25, 0.3) is 0 Å². The molecule has 1 aromatic heterocycles. The third-order valence-corrected chi connectivity index (χ3v) is 16.3. The lowest BCUT2D eigenvalue weighted by atomic mass is 9.53. The maximum Gasteiger partial charge on any atom is 0.433 e. The van der Waals surface area contributed by atoms with Gasteiger partial charge in [0.25, 0.3) is 5.91 Å². The van der Waals surface area contributed by atoms with Crippen molar-refractivity contribution in [3.8, 4) is 17.4 Å². The number of rotatable bonds is 13. The Kier molecular flexibility index (Phi) is 13.9. The van der Waals surface area contributed by atoms with E-state index >= 15 is 0 Å². The van der Waals surface area contributed by atoms with Crippen LogP contribution in [-0.4, -0.2) is 148 Å². The standard InChI is InChI=1S/C50H66F3N5O8/c1-48-17-13-38-37-12-8-35(59)27-33(37)7-11-39(38)40(48)14-18-49(48,63)19-20-54-34-15-21-58(22-16-34)45(60)31-64-36-9-5-32(6-10-36)28-56-23-25-57(26-24-56)29-41-46(61)47(62)42(30-65-41)66-44-4-2-3-43(55-44)50(51,52)53/h2-6,8-10,12,27,34,38-42,46-47,54,59,61-63H,7,11,13-26,28-31H2,1H3/t38-,39-,40+,41-,42+,46+,47-,48+,49-/m1/s1. The minimum atomic E-state index is -4.64. The fourth-order valence-corrected chi connectivity index (χ4v) is 12.4. The highest BCUT2D eigenvalue weighted by molar-refractivity contribution is 5.77. The number of carbonyl (C=O) groups is 1. The molecule has 2 aromatic carbocycles. The molecular weight excluding hydrogens is 856 g/mol. The van der Waals surface area contributed by atoms with Gasteiger partial charge in [0.15, 0.2) is 12.7 Å². The van der Waals surface area contributed by atoms with Crippen LogP contribution in [0.1, 0.15) is 86.6 Å². The first-order valence-electron chi connectivity index (χ1n) is 24.1. The van der Waals surface area contributed by atoms with Crippen LogP contribution in [0.15, 0.2) is 60.7 Å². The van der Waals surface area contributed by atoms with Crippen molar-refractivity contribution in [1.29, 1.82) is 0 Å². The Bertz CT molecular complexity index is 2140. The van der Waals surface area contributed by atoms with Gasteiger partial charge in [-0.15, -0.1) is 0 Å². The van der Waals surface area contributed by atoms with E-state index in [0.717, 1.165) is 109 Å². The molecule has 3 aliphatic heterocycles. The lowest BCUT2D eigenvalue weighted by Crippen LogP contribution is -2.59. The molecule has 0 bridgehead atoms. The molecule has 66 heavy (non-hydrogen) atoms. The molecule has 4 heterocycles. The third kappa shape index (κ3) is 10.1. The van der Waals surface area contributed by atoms with Gasteiger partial charge in [0.05, 0.1) is 18.3 Å². The second-order valence-corrected chi connectivity index (χ2v) is 20.1. The highest BCUT2D eigenvalue weighted by Crippen LogP contribution is 2.65. The Morgan fingerprint density at radius 3 is 2.44 bits per heavy atom. The predicted octanol–water partition coefficient (Wildman–Crippen LogP) is 5.13. The first kappa shape index (κ1) is 47.1. The van der Waals surface area contributed by atoms with Crippen molar-refractivity contribution in [3.63, 3.8) is 0 Å². The number of likely N-dealkylation sites (tertiary alicyclic amines) is 1. The van der Waals surface area contributed by atoms with Gasteiger partial charge in [-0.05, 0) is 135 Å². The second kappa shape index (κ2) is 19.5. The highest BCUT2D eigenvalue weighted by atomic mass is 19.4. The summed E-state index contributed by atoms with van der Waals surface area (Å²) >= 11 is 0. The van der Waals surface area contributed by atoms with E-state index in [0.29, 0.717) is 54.9 Å². The molecule has 9 atom stereocenters. The van der Waals surface area contributed by atoms with Gasteiger partial charge in [-0.1, -0.05) is 31.2 Å². The van der Waals surface area contributed by atoms with Crippen molar-refractivity contribution in [2.24, 2.45) is 17.3 Å². The Hall–Kier alpha value is -4.03. The zero-order valence-corrected chi connectivity index (χ0v) is 37.9. The number of aliphatic hydroxyl groups is 3. The van der Waals surface area contributed by atoms with E-state index in [4.69, 9.17) is 14.2 Å².